The molecule has 2 amide bonds. The number of nitrogens with one attached hydrogen (secondary N) is 3. The van der Waals surface area contributed by atoms with Gasteiger partial charge in [-0.15, -0.1) is 10.2 Å². The summed E-state index contributed by atoms with van der Waals surface area (Å²) in [7, 11) is 0. The van der Waals surface area contributed by atoms with E-state index in [0.29, 0.717) is 11.7 Å². The predicted octanol–water partition coefficient (Wildman–Crippen LogP) is -0.873. The van der Waals surface area contributed by atoms with Crippen LogP contribution in [0.2, 0.25) is 0 Å². The monoisotopic (exact) mass is 255 g/mol. The van der Waals surface area contributed by atoms with Crippen LogP contribution in [0.15, 0.2) is 0 Å². The van der Waals surface area contributed by atoms with E-state index in [1.807, 2.05) is 6.92 Å². The Morgan fingerprint density at radius 1 is 1.59 bits per heavy atom. The van der Waals surface area contributed by atoms with Crippen molar-refractivity contribution in [1.82, 2.24) is 20.8 Å². The van der Waals surface area contributed by atoms with Gasteiger partial charge in [-0.25, -0.2) is 0 Å². The molecule has 0 radical (unpaired) electrons. The van der Waals surface area contributed by atoms with Crippen molar-refractivity contribution in [2.24, 2.45) is 0 Å². The van der Waals surface area contributed by atoms with E-state index >= 15 is 0 Å². The second-order valence-corrected chi connectivity index (χ2v) is 4.64. The summed E-state index contributed by atoms with van der Waals surface area (Å²) in [5, 5.41) is 17.3. The van der Waals surface area contributed by atoms with Crippen LogP contribution in [0.25, 0.3) is 0 Å². The third-order valence-electron chi connectivity index (χ3n) is 2.33. The quantitative estimate of drug-likeness (QED) is 0.652. The molecule has 17 heavy (non-hydrogen) atoms. The van der Waals surface area contributed by atoms with Crippen LogP contribution in [0.4, 0.5) is 5.13 Å². The molecule has 0 bridgehead atoms. The van der Waals surface area contributed by atoms with Crippen molar-refractivity contribution >= 4 is 28.3 Å². The molecule has 0 spiro atoms. The minimum Gasteiger partial charge on any atom is -0.353 e. The zero-order valence-electron chi connectivity index (χ0n) is 9.32. The van der Waals surface area contributed by atoms with Crippen molar-refractivity contribution in [1.29, 1.82) is 0 Å². The van der Waals surface area contributed by atoms with E-state index in [9.17, 15) is 9.59 Å². The molecule has 0 aromatic carbocycles. The maximum absolute atomic E-state index is 11.8. The van der Waals surface area contributed by atoms with E-state index in [1.165, 1.54) is 11.3 Å². The summed E-state index contributed by atoms with van der Waals surface area (Å²) in [4.78, 5) is 22.7. The summed E-state index contributed by atoms with van der Waals surface area (Å²) >= 11 is 1.36. The molecule has 8 heteroatoms. The van der Waals surface area contributed by atoms with E-state index in [2.05, 4.69) is 26.1 Å². The minimum atomic E-state index is -0.415. The smallest absolute Gasteiger partial charge is 0.245 e. The number of anilines is 1. The number of hydrogen-bond acceptors (Lipinski definition) is 6. The molecular weight excluding hydrogens is 242 g/mol. The van der Waals surface area contributed by atoms with Crippen LogP contribution in [0.1, 0.15) is 11.9 Å². The van der Waals surface area contributed by atoms with Gasteiger partial charge in [-0.2, -0.15) is 0 Å². The number of carbonyl (C=O) groups is 2. The average Bonchev–Trinajstić information content (AvgIpc) is 2.77. The second-order valence-electron chi connectivity index (χ2n) is 3.58. The number of amides is 2. The first-order valence-electron chi connectivity index (χ1n) is 5.32. The first-order chi connectivity index (χ1) is 8.19. The zero-order valence-corrected chi connectivity index (χ0v) is 10.1. The lowest BCUT2D eigenvalue weighted by Gasteiger charge is -2.22. The average molecular weight is 255 g/mol. The maximum Gasteiger partial charge on any atom is 0.245 e. The van der Waals surface area contributed by atoms with Gasteiger partial charge in [0, 0.05) is 6.54 Å². The summed E-state index contributed by atoms with van der Waals surface area (Å²) in [6, 6.07) is -0.415. The molecule has 7 nitrogen and oxygen atoms in total. The highest BCUT2D eigenvalue weighted by Gasteiger charge is 2.24. The van der Waals surface area contributed by atoms with Gasteiger partial charge in [0.05, 0.1) is 6.54 Å². The molecule has 0 aliphatic carbocycles. The number of carbonyl (C=O) groups excluding carboxylic acids is 2. The molecule has 92 valence electrons. The van der Waals surface area contributed by atoms with Gasteiger partial charge in [-0.3, -0.25) is 20.2 Å². The Bertz CT molecular complexity index is 423. The van der Waals surface area contributed by atoms with Gasteiger partial charge >= 0.3 is 0 Å². The number of hydrogen-bond donors (Lipinski definition) is 3. The second kappa shape index (κ2) is 5.19. The van der Waals surface area contributed by atoms with Gasteiger partial charge in [0.1, 0.15) is 11.0 Å². The van der Waals surface area contributed by atoms with E-state index in [-0.39, 0.29) is 18.4 Å². The number of nitrogens with zero attached hydrogens (tertiary/aromatic N) is 2. The Labute approximate surface area is 102 Å². The molecule has 1 aromatic rings. The zero-order chi connectivity index (χ0) is 12.3. The van der Waals surface area contributed by atoms with Gasteiger partial charge in [-0.1, -0.05) is 18.3 Å². The molecule has 1 atom stereocenters. The Morgan fingerprint density at radius 2 is 2.41 bits per heavy atom. The van der Waals surface area contributed by atoms with Crippen LogP contribution in [-0.4, -0.2) is 41.1 Å². The van der Waals surface area contributed by atoms with Crippen molar-refractivity contribution in [3.63, 3.8) is 0 Å². The number of piperazine rings is 1. The molecular formula is C9H13N5O2S. The van der Waals surface area contributed by atoms with E-state index in [4.69, 9.17) is 0 Å². The van der Waals surface area contributed by atoms with E-state index in [1.54, 1.807) is 0 Å². The van der Waals surface area contributed by atoms with Crippen LogP contribution in [0.5, 0.6) is 0 Å². The fourth-order valence-electron chi connectivity index (χ4n) is 1.39. The largest absolute Gasteiger partial charge is 0.353 e. The lowest BCUT2D eigenvalue weighted by atomic mass is 10.2. The molecule has 1 saturated heterocycles. The summed E-state index contributed by atoms with van der Waals surface area (Å²) in [5.41, 5.74) is 0. The molecule has 2 heterocycles. The first-order valence-corrected chi connectivity index (χ1v) is 6.14. The molecule has 1 unspecified atom stereocenters. The normalized spacial score (nSPS) is 19.8. The number of aromatic nitrogens is 2. The summed E-state index contributed by atoms with van der Waals surface area (Å²) in [6.07, 6.45) is 0.797. The van der Waals surface area contributed by atoms with Crippen LogP contribution in [0, 0.1) is 0 Å². The van der Waals surface area contributed by atoms with Crippen molar-refractivity contribution in [3.05, 3.63) is 5.01 Å². The molecule has 1 fully saturated rings. The highest BCUT2D eigenvalue weighted by Crippen LogP contribution is 2.15. The van der Waals surface area contributed by atoms with Crippen LogP contribution < -0.4 is 16.0 Å². The summed E-state index contributed by atoms with van der Waals surface area (Å²) < 4.78 is 0. The Morgan fingerprint density at radius 3 is 3.00 bits per heavy atom. The predicted molar refractivity (Wildman–Crippen MR) is 62.7 cm³/mol. The van der Waals surface area contributed by atoms with Crippen LogP contribution >= 0.6 is 11.3 Å². The molecule has 3 N–H and O–H groups in total. The van der Waals surface area contributed by atoms with Gasteiger partial charge in [0.15, 0.2) is 0 Å². The van der Waals surface area contributed by atoms with Crippen molar-refractivity contribution in [3.8, 4) is 0 Å². The van der Waals surface area contributed by atoms with Gasteiger partial charge < -0.3 is 5.32 Å². The standard InChI is InChI=1S/C9H13N5O2S/c1-2-7-13-14-9(17-7)12-8(16)5-3-11-6(15)4-10-5/h5,10H,2-4H2,1H3,(H,11,15)(H,12,14,16). The fourth-order valence-corrected chi connectivity index (χ4v) is 2.07. The Kier molecular flexibility index (Phi) is 3.64. The molecule has 1 aromatic heterocycles. The Hall–Kier alpha value is -1.54. The van der Waals surface area contributed by atoms with Gasteiger partial charge in [0.2, 0.25) is 16.9 Å². The highest BCUT2D eigenvalue weighted by atomic mass is 32.1. The van der Waals surface area contributed by atoms with Crippen LogP contribution in [-0.2, 0) is 16.0 Å². The lowest BCUT2D eigenvalue weighted by Crippen LogP contribution is -2.56. The van der Waals surface area contributed by atoms with Crippen molar-refractivity contribution in [2.75, 3.05) is 18.4 Å². The molecule has 0 saturated carbocycles. The van der Waals surface area contributed by atoms with Crippen LogP contribution in [0.3, 0.4) is 0 Å². The third kappa shape index (κ3) is 2.98. The molecule has 2 rings (SSSR count). The minimum absolute atomic E-state index is 0.0989. The fraction of sp³-hybridized carbons (Fsp3) is 0.556. The molecule has 1 aliphatic rings. The number of rotatable bonds is 3. The highest BCUT2D eigenvalue weighted by molar-refractivity contribution is 7.15. The maximum atomic E-state index is 11.8. The summed E-state index contributed by atoms with van der Waals surface area (Å²) in [6.45, 7) is 2.43. The SMILES string of the molecule is CCc1nnc(NC(=O)C2CNC(=O)CN2)s1. The number of aryl methyl sites for hydroxylation is 1. The van der Waals surface area contributed by atoms with E-state index < -0.39 is 6.04 Å². The topological polar surface area (TPSA) is 96.0 Å². The van der Waals surface area contributed by atoms with Crippen molar-refractivity contribution in [2.45, 2.75) is 19.4 Å². The first kappa shape index (κ1) is 11.9. The van der Waals surface area contributed by atoms with Gasteiger partial charge in [-0.05, 0) is 6.42 Å². The summed E-state index contributed by atoms with van der Waals surface area (Å²) in [5.74, 6) is -0.304. The molecule has 1 aliphatic heterocycles. The Balaban J connectivity index is 1.90. The third-order valence-corrected chi connectivity index (χ3v) is 3.31. The van der Waals surface area contributed by atoms with E-state index in [0.717, 1.165) is 11.4 Å². The van der Waals surface area contributed by atoms with Gasteiger partial charge in [0.25, 0.3) is 0 Å². The lowest BCUT2D eigenvalue weighted by molar-refractivity contribution is -0.124. The van der Waals surface area contributed by atoms with Crippen molar-refractivity contribution < 1.29 is 9.59 Å².